The molecule has 1 aromatic carbocycles. The maximum atomic E-state index is 10.3. The van der Waals surface area contributed by atoms with E-state index in [4.69, 9.17) is 5.11 Å². The van der Waals surface area contributed by atoms with Crippen molar-refractivity contribution < 1.29 is 10.2 Å². The number of nitrogens with one attached hydrogen (secondary N) is 1. The minimum absolute atomic E-state index is 0.0175. The highest BCUT2D eigenvalue weighted by atomic mass is 16.3. The topological polar surface area (TPSA) is 52.5 Å². The smallest absolute Gasteiger partial charge is 0.0945 e. The van der Waals surface area contributed by atoms with Crippen LogP contribution in [0.4, 0.5) is 0 Å². The zero-order chi connectivity index (χ0) is 12.7. The maximum absolute atomic E-state index is 10.3. The Morgan fingerprint density at radius 2 is 1.82 bits per heavy atom. The first kappa shape index (κ1) is 14.2. The van der Waals surface area contributed by atoms with E-state index in [0.29, 0.717) is 12.3 Å². The third kappa shape index (κ3) is 4.46. The summed E-state index contributed by atoms with van der Waals surface area (Å²) in [6.45, 7) is 5.08. The highest BCUT2D eigenvalue weighted by Crippen LogP contribution is 2.21. The van der Waals surface area contributed by atoms with Crippen LogP contribution in [0.2, 0.25) is 0 Å². The first-order valence-electron chi connectivity index (χ1n) is 6.24. The van der Waals surface area contributed by atoms with E-state index in [2.05, 4.69) is 19.2 Å². The van der Waals surface area contributed by atoms with Gasteiger partial charge in [-0.25, -0.2) is 0 Å². The molecule has 0 fully saturated rings. The minimum Gasteiger partial charge on any atom is -0.396 e. The van der Waals surface area contributed by atoms with Crippen molar-refractivity contribution in [3.8, 4) is 0 Å². The summed E-state index contributed by atoms with van der Waals surface area (Å²) in [6, 6.07) is 9.71. The molecule has 0 spiro atoms. The lowest BCUT2D eigenvalue weighted by Crippen LogP contribution is -2.40. The van der Waals surface area contributed by atoms with Crippen LogP contribution in [0, 0.1) is 5.92 Å². The van der Waals surface area contributed by atoms with Gasteiger partial charge in [-0.05, 0) is 24.4 Å². The SMILES string of the molecule is CC(C)C(NCCCO)C(O)c1ccccc1. The molecule has 0 aliphatic heterocycles. The van der Waals surface area contributed by atoms with Gasteiger partial charge >= 0.3 is 0 Å². The average molecular weight is 237 g/mol. The van der Waals surface area contributed by atoms with Crippen molar-refractivity contribution in [2.24, 2.45) is 5.92 Å². The van der Waals surface area contributed by atoms with Gasteiger partial charge in [-0.1, -0.05) is 44.2 Å². The van der Waals surface area contributed by atoms with Crippen molar-refractivity contribution in [2.75, 3.05) is 13.2 Å². The molecule has 3 nitrogen and oxygen atoms in total. The molecule has 0 aliphatic rings. The third-order valence-electron chi connectivity index (χ3n) is 2.91. The highest BCUT2D eigenvalue weighted by Gasteiger charge is 2.22. The summed E-state index contributed by atoms with van der Waals surface area (Å²) in [5, 5.41) is 22.4. The number of hydrogen-bond donors (Lipinski definition) is 3. The molecule has 0 saturated carbocycles. The zero-order valence-electron chi connectivity index (χ0n) is 10.6. The normalized spacial score (nSPS) is 14.9. The third-order valence-corrected chi connectivity index (χ3v) is 2.91. The van der Waals surface area contributed by atoms with Gasteiger partial charge in [0.2, 0.25) is 0 Å². The summed E-state index contributed by atoms with van der Waals surface area (Å²) in [5.74, 6) is 0.337. The van der Waals surface area contributed by atoms with Crippen LogP contribution in [0.1, 0.15) is 31.9 Å². The molecule has 0 saturated heterocycles. The van der Waals surface area contributed by atoms with Crippen molar-refractivity contribution in [2.45, 2.75) is 32.4 Å². The van der Waals surface area contributed by atoms with Crippen molar-refractivity contribution in [1.82, 2.24) is 5.32 Å². The van der Waals surface area contributed by atoms with Crippen LogP contribution in [-0.2, 0) is 0 Å². The molecule has 3 N–H and O–H groups in total. The quantitative estimate of drug-likeness (QED) is 0.633. The van der Waals surface area contributed by atoms with Crippen LogP contribution in [-0.4, -0.2) is 29.4 Å². The molecule has 3 heteroatoms. The van der Waals surface area contributed by atoms with Gasteiger partial charge in [0.25, 0.3) is 0 Å². The lowest BCUT2D eigenvalue weighted by atomic mass is 9.93. The minimum atomic E-state index is -0.505. The molecular weight excluding hydrogens is 214 g/mol. The second-order valence-corrected chi connectivity index (χ2v) is 4.66. The summed E-state index contributed by atoms with van der Waals surface area (Å²) in [6.07, 6.45) is 0.208. The zero-order valence-corrected chi connectivity index (χ0v) is 10.6. The summed E-state index contributed by atoms with van der Waals surface area (Å²) in [4.78, 5) is 0. The molecule has 1 aromatic rings. The summed E-state index contributed by atoms with van der Waals surface area (Å²) in [7, 11) is 0. The number of aliphatic hydroxyl groups excluding tert-OH is 2. The van der Waals surface area contributed by atoms with Crippen molar-refractivity contribution in [1.29, 1.82) is 0 Å². The molecule has 0 bridgehead atoms. The molecule has 2 unspecified atom stereocenters. The van der Waals surface area contributed by atoms with Crippen LogP contribution in [0.5, 0.6) is 0 Å². The van der Waals surface area contributed by atoms with E-state index in [-0.39, 0.29) is 12.6 Å². The Bertz CT molecular complexity index is 300. The van der Waals surface area contributed by atoms with Crippen LogP contribution in [0.15, 0.2) is 30.3 Å². The van der Waals surface area contributed by atoms with E-state index >= 15 is 0 Å². The van der Waals surface area contributed by atoms with E-state index in [1.54, 1.807) is 0 Å². The second kappa shape index (κ2) is 7.43. The Hall–Kier alpha value is -0.900. The van der Waals surface area contributed by atoms with Gasteiger partial charge < -0.3 is 15.5 Å². The number of hydrogen-bond acceptors (Lipinski definition) is 3. The van der Waals surface area contributed by atoms with E-state index < -0.39 is 6.10 Å². The number of rotatable bonds is 7. The molecule has 0 heterocycles. The Kier molecular flexibility index (Phi) is 6.19. The van der Waals surface area contributed by atoms with Gasteiger partial charge in [0.05, 0.1) is 6.10 Å². The van der Waals surface area contributed by atoms with E-state index in [1.165, 1.54) is 0 Å². The highest BCUT2D eigenvalue weighted by molar-refractivity contribution is 5.19. The number of aliphatic hydroxyl groups is 2. The maximum Gasteiger partial charge on any atom is 0.0945 e. The van der Waals surface area contributed by atoms with Gasteiger partial charge in [0, 0.05) is 12.6 Å². The lowest BCUT2D eigenvalue weighted by Gasteiger charge is -2.28. The van der Waals surface area contributed by atoms with Gasteiger partial charge in [-0.15, -0.1) is 0 Å². The fraction of sp³-hybridized carbons (Fsp3) is 0.571. The first-order chi connectivity index (χ1) is 8.16. The Morgan fingerprint density at radius 1 is 1.18 bits per heavy atom. The Labute approximate surface area is 103 Å². The Morgan fingerprint density at radius 3 is 2.35 bits per heavy atom. The fourth-order valence-corrected chi connectivity index (χ4v) is 1.92. The van der Waals surface area contributed by atoms with Crippen LogP contribution < -0.4 is 5.32 Å². The molecule has 96 valence electrons. The molecule has 0 amide bonds. The largest absolute Gasteiger partial charge is 0.396 e. The van der Waals surface area contributed by atoms with Crippen LogP contribution in [0.25, 0.3) is 0 Å². The monoisotopic (exact) mass is 237 g/mol. The Balaban J connectivity index is 2.63. The predicted molar refractivity (Wildman–Crippen MR) is 69.7 cm³/mol. The average Bonchev–Trinajstić information content (AvgIpc) is 2.34. The molecule has 2 atom stereocenters. The van der Waals surface area contributed by atoms with E-state index in [0.717, 1.165) is 12.1 Å². The second-order valence-electron chi connectivity index (χ2n) is 4.66. The first-order valence-corrected chi connectivity index (χ1v) is 6.24. The summed E-state index contributed by atoms with van der Waals surface area (Å²) in [5.41, 5.74) is 0.933. The van der Waals surface area contributed by atoms with Crippen LogP contribution in [0.3, 0.4) is 0 Å². The summed E-state index contributed by atoms with van der Waals surface area (Å²) >= 11 is 0. The van der Waals surface area contributed by atoms with Gasteiger partial charge in [0.1, 0.15) is 0 Å². The van der Waals surface area contributed by atoms with E-state index in [9.17, 15) is 5.11 Å². The van der Waals surface area contributed by atoms with E-state index in [1.807, 2.05) is 30.3 Å². The summed E-state index contributed by atoms with van der Waals surface area (Å²) < 4.78 is 0. The predicted octanol–water partition coefficient (Wildman–Crippen LogP) is 1.72. The fourth-order valence-electron chi connectivity index (χ4n) is 1.92. The van der Waals surface area contributed by atoms with Gasteiger partial charge in [0.15, 0.2) is 0 Å². The molecule has 1 rings (SSSR count). The molecule has 0 radical (unpaired) electrons. The standard InChI is InChI=1S/C14H23NO2/c1-11(2)13(15-9-6-10-16)14(17)12-7-4-3-5-8-12/h3-5,7-8,11,13-17H,6,9-10H2,1-2H3. The lowest BCUT2D eigenvalue weighted by molar-refractivity contribution is 0.104. The number of benzene rings is 1. The van der Waals surface area contributed by atoms with Crippen molar-refractivity contribution in [3.05, 3.63) is 35.9 Å². The van der Waals surface area contributed by atoms with Crippen LogP contribution >= 0.6 is 0 Å². The van der Waals surface area contributed by atoms with Gasteiger partial charge in [-0.3, -0.25) is 0 Å². The van der Waals surface area contributed by atoms with Gasteiger partial charge in [-0.2, -0.15) is 0 Å². The molecule has 0 aliphatic carbocycles. The molecule has 0 aromatic heterocycles. The molecular formula is C14H23NO2. The molecule has 17 heavy (non-hydrogen) atoms. The van der Waals surface area contributed by atoms with Crippen molar-refractivity contribution >= 4 is 0 Å². The van der Waals surface area contributed by atoms with Crippen molar-refractivity contribution in [3.63, 3.8) is 0 Å².